The van der Waals surface area contributed by atoms with Crippen molar-refractivity contribution in [2.45, 2.75) is 96.1 Å². The molecule has 3 aromatic rings. The molecule has 3 aromatic carbocycles. The number of aryl methyl sites for hydroxylation is 1. The molecule has 5 heterocycles. The molecule has 0 aliphatic carbocycles. The van der Waals surface area contributed by atoms with Crippen molar-refractivity contribution in [2.24, 2.45) is 16.5 Å². The first-order valence-corrected chi connectivity index (χ1v) is 22.7. The molecule has 2 atom stereocenters. The number of anilines is 1. The number of hydrogen-bond acceptors (Lipinski definition) is 11. The minimum atomic E-state index is -2.73. The largest absolute Gasteiger partial charge is 0.493 e. The molecule has 0 bridgehead atoms. The number of halogens is 2. The van der Waals surface area contributed by atoms with E-state index in [2.05, 4.69) is 44.8 Å². The van der Waals surface area contributed by atoms with E-state index in [1.54, 1.807) is 43.1 Å². The Kier molecular flexibility index (Phi) is 13.9. The van der Waals surface area contributed by atoms with Gasteiger partial charge >= 0.3 is 0 Å². The van der Waals surface area contributed by atoms with Gasteiger partial charge in [-0.3, -0.25) is 34.4 Å². The standard InChI is InChI=1S/C49H59F2N9O5/c1-30(61)58-21-16-41(40(28-58)47(53)59-18-4-5-33-23-37(34(25-52)26-54-2)38(46(50)51)24-43(33)59)55-35-14-19-57(20-15-35)27-32-10-8-31(9-11-32)17-22-65-44-7-3-6-36-39(44)29-60(49(36)64)42-12-13-45(62)56-48(42)63/h3,6-11,23-26,35,42,46-47,55H,4-5,12-22,27-29,52-53H2,1-2H3,(H,56,62,63)/b34-25+,54-26?. The number of alkyl halides is 2. The average molecular weight is 892 g/mol. The Bertz CT molecular complexity index is 2390. The van der Waals surface area contributed by atoms with Crippen LogP contribution >= 0.6 is 0 Å². The molecule has 4 amide bonds. The summed E-state index contributed by atoms with van der Waals surface area (Å²) in [4.78, 5) is 61.8. The minimum Gasteiger partial charge on any atom is -0.493 e. The van der Waals surface area contributed by atoms with Crippen LogP contribution in [0.1, 0.15) is 95.6 Å². The molecule has 0 saturated carbocycles. The molecule has 2 unspecified atom stereocenters. The van der Waals surface area contributed by atoms with Gasteiger partial charge in [0.25, 0.3) is 12.3 Å². The highest BCUT2D eigenvalue weighted by Crippen LogP contribution is 2.39. The second-order valence-corrected chi connectivity index (χ2v) is 17.6. The Labute approximate surface area is 378 Å². The predicted molar refractivity (Wildman–Crippen MR) is 245 cm³/mol. The zero-order valence-corrected chi connectivity index (χ0v) is 37.2. The van der Waals surface area contributed by atoms with E-state index < -0.39 is 24.5 Å². The second kappa shape index (κ2) is 19.9. The Hall–Kier alpha value is -6.13. The summed E-state index contributed by atoms with van der Waals surface area (Å²) < 4.78 is 35.4. The van der Waals surface area contributed by atoms with Crippen LogP contribution < -0.4 is 31.7 Å². The van der Waals surface area contributed by atoms with Gasteiger partial charge in [-0.25, -0.2) is 8.78 Å². The summed E-state index contributed by atoms with van der Waals surface area (Å²) >= 11 is 0. The van der Waals surface area contributed by atoms with Gasteiger partial charge in [0.05, 0.1) is 13.2 Å². The molecular weight excluding hydrogens is 833 g/mol. The van der Waals surface area contributed by atoms with Crippen LogP contribution in [-0.2, 0) is 40.3 Å². The Morgan fingerprint density at radius 2 is 1.75 bits per heavy atom. The van der Waals surface area contributed by atoms with Gasteiger partial charge in [0, 0.05) is 130 Å². The number of nitrogens with zero attached hydrogens (tertiary/aromatic N) is 5. The van der Waals surface area contributed by atoms with Crippen molar-refractivity contribution in [3.8, 4) is 5.75 Å². The first kappa shape index (κ1) is 45.4. The number of benzene rings is 3. The number of imide groups is 1. The number of ether oxygens (including phenoxy) is 1. The van der Waals surface area contributed by atoms with Gasteiger partial charge < -0.3 is 36.2 Å². The van der Waals surface area contributed by atoms with Crippen molar-refractivity contribution in [3.63, 3.8) is 0 Å². The fourth-order valence-electron chi connectivity index (χ4n) is 9.94. The number of rotatable bonds is 14. The van der Waals surface area contributed by atoms with Crippen molar-refractivity contribution in [3.05, 3.63) is 111 Å². The van der Waals surface area contributed by atoms with Gasteiger partial charge in [0.1, 0.15) is 18.0 Å². The third-order valence-corrected chi connectivity index (χ3v) is 13.5. The summed E-state index contributed by atoms with van der Waals surface area (Å²) in [5.41, 5.74) is 20.9. The highest BCUT2D eigenvalue weighted by molar-refractivity contribution is 6.10. The van der Waals surface area contributed by atoms with E-state index in [-0.39, 0.29) is 42.3 Å². The lowest BCUT2D eigenvalue weighted by molar-refractivity contribution is -0.137. The molecule has 0 spiro atoms. The Morgan fingerprint density at radius 3 is 2.46 bits per heavy atom. The van der Waals surface area contributed by atoms with Crippen LogP contribution in [-0.4, -0.2) is 109 Å². The lowest BCUT2D eigenvalue weighted by Gasteiger charge is -2.42. The molecular formula is C49H59F2N9O5. The summed E-state index contributed by atoms with van der Waals surface area (Å²) in [7, 11) is 1.58. The number of carbonyl (C=O) groups excluding carboxylic acids is 4. The third-order valence-electron chi connectivity index (χ3n) is 13.5. The zero-order valence-electron chi connectivity index (χ0n) is 37.2. The number of carbonyl (C=O) groups is 4. The molecule has 14 nitrogen and oxygen atoms in total. The number of nitrogens with two attached hydrogens (primary N) is 2. The van der Waals surface area contributed by atoms with Crippen molar-refractivity contribution in [1.82, 2.24) is 25.3 Å². The van der Waals surface area contributed by atoms with Gasteiger partial charge in [-0.15, -0.1) is 0 Å². The maximum Gasteiger partial charge on any atom is 0.264 e. The maximum atomic E-state index is 14.6. The summed E-state index contributed by atoms with van der Waals surface area (Å²) in [5.74, 6) is -0.372. The zero-order chi connectivity index (χ0) is 45.8. The lowest BCUT2D eigenvalue weighted by atomic mass is 9.91. The van der Waals surface area contributed by atoms with Crippen molar-refractivity contribution in [2.75, 3.05) is 51.3 Å². The SMILES string of the molecule is CN=C/C(=C\N)c1cc2c(cc1C(F)F)N(C(N)C1=C(NC3CCN(Cc4ccc(CCOc5cccc6c5CN(C5CCC(=O)NC5=O)C6=O)cc4)CC3)CCN(C(C)=O)C1)CCC2. The summed E-state index contributed by atoms with van der Waals surface area (Å²) in [5, 5.41) is 6.19. The number of allylic oxidation sites excluding steroid dienone is 1. The van der Waals surface area contributed by atoms with Crippen molar-refractivity contribution >= 4 is 41.1 Å². The fraction of sp³-hybridized carbons (Fsp3) is 0.449. The summed E-state index contributed by atoms with van der Waals surface area (Å²) in [6.07, 6.45) is 4.68. The van der Waals surface area contributed by atoms with E-state index in [1.807, 2.05) is 11.0 Å². The van der Waals surface area contributed by atoms with Crippen molar-refractivity contribution < 1.29 is 32.7 Å². The van der Waals surface area contributed by atoms with Crippen LogP contribution in [0.4, 0.5) is 14.5 Å². The normalized spacial score (nSPS) is 20.4. The number of amides is 4. The van der Waals surface area contributed by atoms with E-state index in [1.165, 1.54) is 22.9 Å². The molecule has 65 heavy (non-hydrogen) atoms. The maximum absolute atomic E-state index is 14.6. The van der Waals surface area contributed by atoms with E-state index in [0.717, 1.165) is 73.3 Å². The van der Waals surface area contributed by atoms with Crippen molar-refractivity contribution in [1.29, 1.82) is 0 Å². The first-order chi connectivity index (χ1) is 31.4. The van der Waals surface area contributed by atoms with E-state index in [9.17, 15) is 28.0 Å². The van der Waals surface area contributed by atoms with Gasteiger partial charge in [-0.05, 0) is 78.6 Å². The number of piperidine rings is 2. The van der Waals surface area contributed by atoms with Crippen LogP contribution in [0, 0.1) is 0 Å². The summed E-state index contributed by atoms with van der Waals surface area (Å²) in [6.45, 7) is 6.46. The second-order valence-electron chi connectivity index (χ2n) is 17.6. The quantitative estimate of drug-likeness (QED) is 0.130. The van der Waals surface area contributed by atoms with Gasteiger partial charge in [-0.1, -0.05) is 30.3 Å². The molecule has 0 aromatic heterocycles. The molecule has 5 aliphatic heterocycles. The van der Waals surface area contributed by atoms with Gasteiger partial charge in [0.2, 0.25) is 17.7 Å². The predicted octanol–water partition coefficient (Wildman–Crippen LogP) is 4.80. The highest BCUT2D eigenvalue weighted by atomic mass is 19.3. The molecule has 344 valence electrons. The van der Waals surface area contributed by atoms with Crippen LogP contribution in [0.3, 0.4) is 0 Å². The molecule has 6 N–H and O–H groups in total. The number of fused-ring (bicyclic) bond motifs is 2. The van der Waals surface area contributed by atoms with Crippen LogP contribution in [0.2, 0.25) is 0 Å². The minimum absolute atomic E-state index is 0.0267. The first-order valence-electron chi connectivity index (χ1n) is 22.7. The fourth-order valence-corrected chi connectivity index (χ4v) is 9.94. The highest BCUT2D eigenvalue weighted by Gasteiger charge is 2.40. The van der Waals surface area contributed by atoms with Crippen LogP contribution in [0.5, 0.6) is 5.75 Å². The van der Waals surface area contributed by atoms with Gasteiger partial charge in [0.15, 0.2) is 0 Å². The number of likely N-dealkylation sites (tertiary alicyclic amines) is 1. The Morgan fingerprint density at radius 1 is 0.985 bits per heavy atom. The van der Waals surface area contributed by atoms with Crippen LogP contribution in [0.25, 0.3) is 5.57 Å². The van der Waals surface area contributed by atoms with E-state index >= 15 is 0 Å². The molecule has 2 saturated heterocycles. The average Bonchev–Trinajstić information content (AvgIpc) is 3.64. The third kappa shape index (κ3) is 9.93. The smallest absolute Gasteiger partial charge is 0.264 e. The molecule has 5 aliphatic rings. The Balaban J connectivity index is 0.862. The number of nitrogens with one attached hydrogen (secondary N) is 2. The number of hydrogen-bond donors (Lipinski definition) is 4. The lowest BCUT2D eigenvalue weighted by Crippen LogP contribution is -2.52. The number of aliphatic imine (C=N–C) groups is 1. The van der Waals surface area contributed by atoms with Crippen LogP contribution in [0.15, 0.2) is 77.1 Å². The monoisotopic (exact) mass is 891 g/mol. The van der Waals surface area contributed by atoms with E-state index in [4.69, 9.17) is 16.2 Å². The molecule has 16 heteroatoms. The molecule has 0 radical (unpaired) electrons. The van der Waals surface area contributed by atoms with Gasteiger partial charge in [-0.2, -0.15) is 0 Å². The summed E-state index contributed by atoms with van der Waals surface area (Å²) in [6, 6.07) is 16.9. The molecule has 2 fully saturated rings. The topological polar surface area (TPSA) is 179 Å². The van der Waals surface area contributed by atoms with E-state index in [0.29, 0.717) is 73.6 Å². The molecule has 8 rings (SSSR count).